The van der Waals surface area contributed by atoms with Crippen LogP contribution < -0.4 is 0 Å². The van der Waals surface area contributed by atoms with Gasteiger partial charge in [0.1, 0.15) is 22.2 Å². The van der Waals surface area contributed by atoms with Gasteiger partial charge < -0.3 is 4.90 Å². The van der Waals surface area contributed by atoms with Gasteiger partial charge in [-0.05, 0) is 30.2 Å². The number of benzene rings is 1. The van der Waals surface area contributed by atoms with E-state index in [1.54, 1.807) is 29.1 Å². The highest BCUT2D eigenvalue weighted by Crippen LogP contribution is 2.32. The third kappa shape index (κ3) is 3.74. The molecule has 2 aliphatic heterocycles. The second-order valence-corrected chi connectivity index (χ2v) is 7.46. The minimum atomic E-state index is -0.356. The van der Waals surface area contributed by atoms with Crippen LogP contribution in [0.15, 0.2) is 36.9 Å². The Bertz CT molecular complexity index is 976. The molecule has 1 amide bonds. The summed E-state index contributed by atoms with van der Waals surface area (Å²) < 4.78 is 13.2. The molecule has 3 heterocycles. The lowest BCUT2D eigenvalue weighted by Crippen LogP contribution is -2.37. The van der Waals surface area contributed by atoms with Crippen molar-refractivity contribution in [1.82, 2.24) is 19.9 Å². The van der Waals surface area contributed by atoms with Gasteiger partial charge in [0.25, 0.3) is 6.04 Å². The minimum absolute atomic E-state index is 0.137. The van der Waals surface area contributed by atoms with Gasteiger partial charge in [-0.2, -0.15) is 0 Å². The van der Waals surface area contributed by atoms with Gasteiger partial charge >= 0.3 is 0 Å². The molecule has 8 heteroatoms. The van der Waals surface area contributed by atoms with Crippen molar-refractivity contribution in [2.24, 2.45) is 0 Å². The number of hydrogen-bond acceptors (Lipinski definition) is 4. The van der Waals surface area contributed by atoms with Crippen molar-refractivity contribution in [3.63, 3.8) is 0 Å². The van der Waals surface area contributed by atoms with Crippen LogP contribution in [0.2, 0.25) is 0 Å². The summed E-state index contributed by atoms with van der Waals surface area (Å²) in [5.41, 5.74) is 3.37. The van der Waals surface area contributed by atoms with Crippen LogP contribution in [0.5, 0.6) is 0 Å². The van der Waals surface area contributed by atoms with E-state index in [0.717, 1.165) is 27.4 Å². The van der Waals surface area contributed by atoms with E-state index in [2.05, 4.69) is 6.58 Å². The number of aromatic nitrogens is 2. The maximum Gasteiger partial charge on any atom is 0.278 e. The summed E-state index contributed by atoms with van der Waals surface area (Å²) in [7, 11) is 1.77. The highest BCUT2D eigenvalue weighted by molar-refractivity contribution is 5.87. The van der Waals surface area contributed by atoms with Crippen LogP contribution in [0.4, 0.5) is 4.39 Å². The van der Waals surface area contributed by atoms with Crippen LogP contribution in [0, 0.1) is 10.7 Å². The Morgan fingerprint density at radius 2 is 2.07 bits per heavy atom. The predicted octanol–water partition coefficient (Wildman–Crippen LogP) is 2.35. The largest absolute Gasteiger partial charge is 0.333 e. The van der Waals surface area contributed by atoms with Crippen molar-refractivity contribution in [3.05, 3.63) is 76.0 Å². The quantitative estimate of drug-likeness (QED) is 0.586. The maximum absolute atomic E-state index is 13.2. The highest BCUT2D eigenvalue weighted by atomic mass is 19.1. The van der Waals surface area contributed by atoms with Gasteiger partial charge in [-0.15, -0.1) is 5.01 Å². The van der Waals surface area contributed by atoms with Crippen LogP contribution in [-0.4, -0.2) is 50.8 Å². The molecule has 0 saturated carbocycles. The number of fused-ring (bicyclic) bond motifs is 1. The summed E-state index contributed by atoms with van der Waals surface area (Å²) >= 11 is 0. The zero-order chi connectivity index (χ0) is 20.5. The number of rotatable bonds is 4. The van der Waals surface area contributed by atoms with E-state index in [9.17, 15) is 14.1 Å². The summed E-state index contributed by atoms with van der Waals surface area (Å²) in [6.07, 6.45) is 3.03. The molecule has 4 rings (SSSR count). The van der Waals surface area contributed by atoms with E-state index in [-0.39, 0.29) is 17.8 Å². The Hall–Kier alpha value is -3.16. The molecule has 1 aromatic carbocycles. The summed E-state index contributed by atoms with van der Waals surface area (Å²) in [6.45, 7) is 5.15. The van der Waals surface area contributed by atoms with E-state index in [1.165, 1.54) is 18.2 Å². The predicted molar refractivity (Wildman–Crippen MR) is 104 cm³/mol. The van der Waals surface area contributed by atoms with Crippen LogP contribution in [0.1, 0.15) is 40.8 Å². The first-order chi connectivity index (χ1) is 14.0. The first kappa shape index (κ1) is 19.2. The summed E-state index contributed by atoms with van der Waals surface area (Å²) in [6, 6.07) is 5.86. The standard InChI is InChI=1S/C21H23FN5O2/c1-3-20(28)26-11-8-16-17(13-26)23-19(12-14-4-6-15(22)7-5-14)24-21(16)18-9-10-25(2)27(18)29/h3-7,18H,1,8-13H2,2H3/q+1. The maximum atomic E-state index is 13.2. The van der Waals surface area contributed by atoms with E-state index >= 15 is 0 Å². The molecular formula is C21H23FN5O2+. The fourth-order valence-electron chi connectivity index (χ4n) is 3.97. The SMILES string of the molecule is C=CC(=O)N1CCc2c(nc(Cc3ccc(F)cc3)nc2C2CCN(C)[N+]2=O)C1. The van der Waals surface area contributed by atoms with Crippen molar-refractivity contribution < 1.29 is 14.1 Å². The van der Waals surface area contributed by atoms with Crippen molar-refractivity contribution in [2.75, 3.05) is 20.1 Å². The van der Waals surface area contributed by atoms with Crippen LogP contribution in [0.25, 0.3) is 0 Å². The zero-order valence-corrected chi connectivity index (χ0v) is 16.3. The number of nitroso groups, excluding NO2 is 1. The Balaban J connectivity index is 1.73. The van der Waals surface area contributed by atoms with Gasteiger partial charge in [0.05, 0.1) is 30.7 Å². The minimum Gasteiger partial charge on any atom is -0.333 e. The van der Waals surface area contributed by atoms with Gasteiger partial charge in [-0.1, -0.05) is 18.7 Å². The number of amides is 1. The molecule has 150 valence electrons. The molecule has 1 atom stereocenters. The number of carbonyl (C=O) groups is 1. The molecular weight excluding hydrogens is 373 g/mol. The van der Waals surface area contributed by atoms with E-state index in [0.29, 0.717) is 44.7 Å². The summed E-state index contributed by atoms with van der Waals surface area (Å²) in [5.74, 6) is 0.138. The molecule has 0 aliphatic carbocycles. The second-order valence-electron chi connectivity index (χ2n) is 7.46. The Labute approximate surface area is 168 Å². The Kier molecular flexibility index (Phi) is 5.08. The normalized spacial score (nSPS) is 18.7. The van der Waals surface area contributed by atoms with E-state index in [4.69, 9.17) is 9.97 Å². The number of halogens is 1. The molecule has 1 fully saturated rings. The molecule has 1 aromatic heterocycles. The number of hydrazine groups is 1. The molecule has 0 spiro atoms. The second kappa shape index (κ2) is 7.69. The molecule has 29 heavy (non-hydrogen) atoms. The molecule has 0 N–H and O–H groups in total. The van der Waals surface area contributed by atoms with Crippen molar-refractivity contribution >= 4 is 5.91 Å². The lowest BCUT2D eigenvalue weighted by molar-refractivity contribution is -0.711. The average molecular weight is 396 g/mol. The Morgan fingerprint density at radius 1 is 1.31 bits per heavy atom. The molecule has 1 saturated heterocycles. The van der Waals surface area contributed by atoms with Gasteiger partial charge in [-0.3, -0.25) is 4.79 Å². The van der Waals surface area contributed by atoms with Gasteiger partial charge in [0.15, 0.2) is 0 Å². The lowest BCUT2D eigenvalue weighted by Gasteiger charge is -2.28. The third-order valence-electron chi connectivity index (χ3n) is 5.55. The topological polar surface area (TPSA) is 69.4 Å². The number of nitrogens with zero attached hydrogens (tertiary/aromatic N) is 5. The Morgan fingerprint density at radius 3 is 2.72 bits per heavy atom. The van der Waals surface area contributed by atoms with Gasteiger partial charge in [0.2, 0.25) is 5.91 Å². The van der Waals surface area contributed by atoms with Gasteiger partial charge in [0, 0.05) is 24.9 Å². The van der Waals surface area contributed by atoms with Crippen molar-refractivity contribution in [1.29, 1.82) is 0 Å². The fraction of sp³-hybridized carbons (Fsp3) is 0.381. The van der Waals surface area contributed by atoms with E-state index in [1.807, 2.05) is 0 Å². The smallest absolute Gasteiger partial charge is 0.278 e. The zero-order valence-electron chi connectivity index (χ0n) is 16.3. The van der Waals surface area contributed by atoms with Gasteiger partial charge in [-0.25, -0.2) is 14.4 Å². The molecule has 7 nitrogen and oxygen atoms in total. The van der Waals surface area contributed by atoms with E-state index < -0.39 is 0 Å². The molecule has 2 aliphatic rings. The average Bonchev–Trinajstić information content (AvgIpc) is 3.06. The number of hydrogen-bond donors (Lipinski definition) is 0. The van der Waals surface area contributed by atoms with Crippen molar-refractivity contribution in [2.45, 2.75) is 31.8 Å². The molecule has 1 unspecified atom stereocenters. The molecule has 0 bridgehead atoms. The summed E-state index contributed by atoms with van der Waals surface area (Å²) in [4.78, 5) is 36.8. The van der Waals surface area contributed by atoms with Crippen LogP contribution in [0.3, 0.4) is 0 Å². The van der Waals surface area contributed by atoms with Crippen LogP contribution in [-0.2, 0) is 24.2 Å². The first-order valence-electron chi connectivity index (χ1n) is 9.68. The van der Waals surface area contributed by atoms with Crippen LogP contribution >= 0.6 is 0 Å². The first-order valence-corrected chi connectivity index (χ1v) is 9.68. The molecule has 0 radical (unpaired) electrons. The monoisotopic (exact) mass is 396 g/mol. The third-order valence-corrected chi connectivity index (χ3v) is 5.55. The number of carbonyl (C=O) groups excluding carboxylic acids is 1. The fourth-order valence-corrected chi connectivity index (χ4v) is 3.97. The van der Waals surface area contributed by atoms with Crippen molar-refractivity contribution in [3.8, 4) is 0 Å². The summed E-state index contributed by atoms with van der Waals surface area (Å²) in [5, 5.41) is 1.65. The lowest BCUT2D eigenvalue weighted by atomic mass is 9.97. The molecule has 2 aromatic rings. The highest BCUT2D eigenvalue weighted by Gasteiger charge is 2.42.